The van der Waals surface area contributed by atoms with Crippen molar-refractivity contribution in [3.05, 3.63) is 85.1 Å². The van der Waals surface area contributed by atoms with Crippen LogP contribution >= 0.6 is 0 Å². The summed E-state index contributed by atoms with van der Waals surface area (Å²) in [5, 5.41) is 109. The number of carbonyl (C=O) groups excluding carboxylic acids is 3. The number of primary amides is 1. The van der Waals surface area contributed by atoms with Crippen molar-refractivity contribution in [2.75, 3.05) is 32.8 Å². The van der Waals surface area contributed by atoms with Gasteiger partial charge in [-0.2, -0.15) is 0 Å². The number of aliphatic hydroxyl groups is 10. The van der Waals surface area contributed by atoms with Gasteiger partial charge in [0.05, 0.1) is 86.0 Å². The Morgan fingerprint density at radius 2 is 1.24 bits per heavy atom. The molecule has 71 heavy (non-hydrogen) atoms. The normalized spacial score (nSPS) is 41.8. The molecule has 17 atom stereocenters. The van der Waals surface area contributed by atoms with Gasteiger partial charge in [0.25, 0.3) is 0 Å². The standard InChI is InChI=1S/C50H78N4O17/c1-31-15-13-11-9-7-5-3-4-6-8-10-12-14-16-36(70-48-46(64)45(51)41(62)30-68-48)27-42-44(47(65)53-19-21-54(22-20-53)49(52)66)40(61)29-50(67,71-42)28-35(57)25-39(60)37(58)18-17-33(55)24-34(56)26-43(63)69-32(2)23-38(31)59/h3-16,31-42,44-46,48,55-62,64,67H,17-30,51H2,1-2H3,(H2,52,66)/b4-3+,7-5+,8-6+,11-9+,12-10+,15-13+,16-14+/t31-,32-,33?,34?,35?,36?,37?,38-,39?,40-,41+,42-,44?,45-,46-,48-,50?/m0/s1. The minimum Gasteiger partial charge on any atom is -0.462 e. The van der Waals surface area contributed by atoms with Gasteiger partial charge in [0.15, 0.2) is 12.1 Å². The number of aliphatic hydroxyl groups excluding tert-OH is 9. The van der Waals surface area contributed by atoms with E-state index in [1.54, 1.807) is 73.8 Å². The lowest BCUT2D eigenvalue weighted by Crippen LogP contribution is -2.61. The van der Waals surface area contributed by atoms with Crippen LogP contribution in [0.25, 0.3) is 0 Å². The molecule has 21 heteroatoms. The van der Waals surface area contributed by atoms with Crippen molar-refractivity contribution in [3.8, 4) is 0 Å². The third-order valence-corrected chi connectivity index (χ3v) is 13.0. The number of carbonyl (C=O) groups is 3. The molecule has 0 spiro atoms. The van der Waals surface area contributed by atoms with Gasteiger partial charge in [0.1, 0.15) is 12.2 Å². The van der Waals surface area contributed by atoms with Gasteiger partial charge in [-0.05, 0) is 26.2 Å². The summed E-state index contributed by atoms with van der Waals surface area (Å²) in [6.45, 7) is 3.60. The second-order valence-electron chi connectivity index (χ2n) is 19.0. The zero-order valence-electron chi connectivity index (χ0n) is 40.6. The molecule has 8 unspecified atom stereocenters. The maximum atomic E-state index is 14.3. The molecule has 3 saturated heterocycles. The van der Waals surface area contributed by atoms with Crippen molar-refractivity contribution in [2.24, 2.45) is 23.3 Å². The van der Waals surface area contributed by atoms with E-state index in [2.05, 4.69) is 0 Å². The number of ether oxygens (including phenoxy) is 4. The molecule has 0 radical (unpaired) electrons. The number of rotatable bonds is 3. The predicted molar refractivity (Wildman–Crippen MR) is 258 cm³/mol. The molecule has 3 fully saturated rings. The van der Waals surface area contributed by atoms with Crippen molar-refractivity contribution >= 4 is 17.9 Å². The fourth-order valence-electron chi connectivity index (χ4n) is 8.85. The minimum absolute atomic E-state index is 0.0823. The third-order valence-electron chi connectivity index (χ3n) is 13.0. The summed E-state index contributed by atoms with van der Waals surface area (Å²) in [7, 11) is 0. The Hall–Kier alpha value is -4.17. The molecular weight excluding hydrogens is 929 g/mol. The molecule has 4 rings (SSSR count). The summed E-state index contributed by atoms with van der Waals surface area (Å²) in [5.74, 6) is -5.19. The van der Waals surface area contributed by atoms with Crippen LogP contribution < -0.4 is 11.5 Å². The molecule has 4 heterocycles. The van der Waals surface area contributed by atoms with Gasteiger partial charge < -0.3 is 91.3 Å². The summed E-state index contributed by atoms with van der Waals surface area (Å²) in [4.78, 5) is 41.5. The van der Waals surface area contributed by atoms with E-state index in [4.69, 9.17) is 30.4 Å². The fourth-order valence-corrected chi connectivity index (χ4v) is 8.85. The number of piperazine rings is 1. The smallest absolute Gasteiger partial charge is 0.314 e. The van der Waals surface area contributed by atoms with Crippen LogP contribution in [0.1, 0.15) is 71.6 Å². The largest absolute Gasteiger partial charge is 0.462 e. The monoisotopic (exact) mass is 1010 g/mol. The number of amides is 3. The average molecular weight is 1010 g/mol. The van der Waals surface area contributed by atoms with Crippen molar-refractivity contribution in [1.29, 1.82) is 0 Å². The Morgan fingerprint density at radius 1 is 0.662 bits per heavy atom. The minimum atomic E-state index is -2.31. The topological polar surface area (TPSA) is 349 Å². The van der Waals surface area contributed by atoms with E-state index < -0.39 is 141 Å². The number of nitrogens with two attached hydrogens (primary N) is 2. The number of fused-ring (bicyclic) bond motifs is 2. The molecule has 3 amide bonds. The molecule has 2 bridgehead atoms. The lowest BCUT2D eigenvalue weighted by Gasteiger charge is -2.47. The molecule has 4 aliphatic heterocycles. The Morgan fingerprint density at radius 3 is 1.85 bits per heavy atom. The van der Waals surface area contributed by atoms with Crippen LogP contribution in [-0.4, -0.2) is 203 Å². The van der Waals surface area contributed by atoms with E-state index in [1.165, 1.54) is 9.80 Å². The molecule has 0 aliphatic carbocycles. The van der Waals surface area contributed by atoms with Crippen LogP contribution in [0, 0.1) is 11.8 Å². The Labute approximate surface area is 415 Å². The summed E-state index contributed by atoms with van der Waals surface area (Å²) < 4.78 is 23.4. The highest BCUT2D eigenvalue weighted by atomic mass is 16.7. The third kappa shape index (κ3) is 20.0. The van der Waals surface area contributed by atoms with E-state index in [-0.39, 0.29) is 70.8 Å². The molecule has 4 aliphatic rings. The van der Waals surface area contributed by atoms with Crippen molar-refractivity contribution in [3.63, 3.8) is 0 Å². The van der Waals surface area contributed by atoms with E-state index in [0.717, 1.165) is 0 Å². The zero-order chi connectivity index (χ0) is 52.3. The number of hydrogen-bond donors (Lipinski definition) is 12. The SMILES string of the molecule is C[C@H]1C[C@H](O)[C@@H](C)/C=C/C=C/C=C/C=C/C=C/C=C/C=C/C(O[C@@H]2OC[C@@H](O)[C@H](N)[C@@H]2O)C[C@@H]2OC(O)(CC(O)CC(O)C(O)CCC(O)CC(O)CC(=O)O1)C[C@H](O)C2C(=O)N1CCN(C(N)=O)CC1. The second-order valence-corrected chi connectivity index (χ2v) is 19.0. The molecule has 0 aromatic rings. The highest BCUT2D eigenvalue weighted by Crippen LogP contribution is 2.39. The summed E-state index contributed by atoms with van der Waals surface area (Å²) in [6.07, 6.45) is 5.21. The van der Waals surface area contributed by atoms with Gasteiger partial charge in [-0.1, -0.05) is 92.0 Å². The number of cyclic esters (lactones) is 1. The van der Waals surface area contributed by atoms with Crippen LogP contribution in [-0.2, 0) is 28.5 Å². The van der Waals surface area contributed by atoms with Crippen LogP contribution in [0.3, 0.4) is 0 Å². The maximum Gasteiger partial charge on any atom is 0.314 e. The lowest BCUT2D eigenvalue weighted by molar-refractivity contribution is -0.305. The van der Waals surface area contributed by atoms with Gasteiger partial charge in [0.2, 0.25) is 5.91 Å². The Balaban J connectivity index is 1.60. The van der Waals surface area contributed by atoms with Gasteiger partial charge >= 0.3 is 12.0 Å². The first-order valence-corrected chi connectivity index (χ1v) is 24.4. The van der Waals surface area contributed by atoms with Crippen molar-refractivity contribution in [2.45, 2.75) is 163 Å². The summed E-state index contributed by atoms with van der Waals surface area (Å²) in [6, 6.07) is -1.79. The summed E-state index contributed by atoms with van der Waals surface area (Å²) in [5.41, 5.74) is 11.5. The van der Waals surface area contributed by atoms with Crippen molar-refractivity contribution in [1.82, 2.24) is 9.80 Å². The molecule has 0 aromatic carbocycles. The first kappa shape index (κ1) is 59.4. The van der Waals surface area contributed by atoms with Gasteiger partial charge in [-0.15, -0.1) is 0 Å². The predicted octanol–water partition coefficient (Wildman–Crippen LogP) is -0.784. The fraction of sp³-hybridized carbons (Fsp3) is 0.660. The van der Waals surface area contributed by atoms with Gasteiger partial charge in [0, 0.05) is 64.2 Å². The quantitative estimate of drug-likeness (QED) is 0.154. The van der Waals surface area contributed by atoms with E-state index >= 15 is 0 Å². The van der Waals surface area contributed by atoms with E-state index in [1.807, 2.05) is 25.2 Å². The van der Waals surface area contributed by atoms with Crippen LogP contribution in [0.2, 0.25) is 0 Å². The molecule has 0 saturated carbocycles. The Bertz CT molecular complexity index is 1870. The molecule has 0 aromatic heterocycles. The first-order chi connectivity index (χ1) is 33.7. The van der Waals surface area contributed by atoms with Gasteiger partial charge in [-0.25, -0.2) is 4.79 Å². The number of nitrogens with zero attached hydrogens (tertiary/aromatic N) is 2. The molecule has 400 valence electrons. The van der Waals surface area contributed by atoms with Crippen LogP contribution in [0.15, 0.2) is 85.1 Å². The van der Waals surface area contributed by atoms with Crippen LogP contribution in [0.5, 0.6) is 0 Å². The zero-order valence-corrected chi connectivity index (χ0v) is 40.6. The number of allylic oxidation sites excluding steroid dienone is 12. The number of hydrogen-bond acceptors (Lipinski definition) is 18. The summed E-state index contributed by atoms with van der Waals surface area (Å²) >= 11 is 0. The highest BCUT2D eigenvalue weighted by molar-refractivity contribution is 5.81. The highest BCUT2D eigenvalue weighted by Gasteiger charge is 2.51. The first-order valence-electron chi connectivity index (χ1n) is 24.4. The number of esters is 1. The van der Waals surface area contributed by atoms with E-state index in [0.29, 0.717) is 0 Å². The second kappa shape index (κ2) is 29.5. The molecule has 14 N–H and O–H groups in total. The van der Waals surface area contributed by atoms with E-state index in [9.17, 15) is 65.4 Å². The van der Waals surface area contributed by atoms with Crippen LogP contribution in [0.4, 0.5) is 4.79 Å². The van der Waals surface area contributed by atoms with Gasteiger partial charge in [-0.3, -0.25) is 9.59 Å². The number of urea groups is 1. The van der Waals surface area contributed by atoms with Crippen molar-refractivity contribution < 1.29 is 84.4 Å². The maximum absolute atomic E-state index is 14.3. The molecule has 21 nitrogen and oxygen atoms in total. The molecular formula is C50H78N4O17. The lowest BCUT2D eigenvalue weighted by atomic mass is 9.81. The average Bonchev–Trinajstić information content (AvgIpc) is 3.29. The Kier molecular flexibility index (Phi) is 24.7.